The first-order valence-electron chi connectivity index (χ1n) is 8.22. The van der Waals surface area contributed by atoms with E-state index in [2.05, 4.69) is 0 Å². The summed E-state index contributed by atoms with van der Waals surface area (Å²) < 4.78 is 37.7. The van der Waals surface area contributed by atoms with Crippen LogP contribution in [0, 0.1) is 5.82 Å². The van der Waals surface area contributed by atoms with Gasteiger partial charge < -0.3 is 18.9 Å². The van der Waals surface area contributed by atoms with Gasteiger partial charge in [-0.3, -0.25) is 0 Å². The average molecular weight is 328 g/mol. The third-order valence-electron chi connectivity index (χ3n) is 5.06. The Hall–Kier alpha value is -2.27. The van der Waals surface area contributed by atoms with Crippen LogP contribution in [0.1, 0.15) is 24.8 Å². The first-order chi connectivity index (χ1) is 11.7. The Kier molecular flexibility index (Phi) is 2.86. The highest BCUT2D eigenvalue weighted by Gasteiger charge is 2.54. The van der Waals surface area contributed by atoms with E-state index >= 15 is 0 Å². The molecule has 1 spiro atoms. The average Bonchev–Trinajstić information content (AvgIpc) is 3.07. The standard InChI is InChI=1S/C19H17FO4/c1-21-16-9-13-14(20)10-17(16)24-19(13)11-5-6-12(19)15(8-11)23-18-4-2-3-7-22-18/h5-6,8-10,18H,2-4,7H2,1H3. The quantitative estimate of drug-likeness (QED) is 0.847. The van der Waals surface area contributed by atoms with E-state index in [1.165, 1.54) is 6.07 Å². The third-order valence-corrected chi connectivity index (χ3v) is 5.06. The zero-order chi connectivity index (χ0) is 16.3. The van der Waals surface area contributed by atoms with E-state index < -0.39 is 5.60 Å². The molecule has 3 heterocycles. The van der Waals surface area contributed by atoms with Crippen LogP contribution in [0.5, 0.6) is 11.5 Å². The molecule has 1 aromatic rings. The minimum atomic E-state index is -0.930. The summed E-state index contributed by atoms with van der Waals surface area (Å²) in [5.74, 6) is 1.37. The first-order valence-corrected chi connectivity index (χ1v) is 8.22. The van der Waals surface area contributed by atoms with Crippen molar-refractivity contribution in [3.05, 3.63) is 58.6 Å². The molecular weight excluding hydrogens is 311 g/mol. The normalized spacial score (nSPS) is 29.2. The molecule has 2 atom stereocenters. The van der Waals surface area contributed by atoms with E-state index in [9.17, 15) is 4.39 Å². The highest BCUT2D eigenvalue weighted by Crippen LogP contribution is 2.58. The molecular formula is C19H17FO4. The van der Waals surface area contributed by atoms with E-state index in [0.717, 1.165) is 30.4 Å². The molecule has 4 bridgehead atoms. The Bertz CT molecular complexity index is 817. The minimum Gasteiger partial charge on any atom is -0.493 e. The molecule has 0 saturated carbocycles. The van der Waals surface area contributed by atoms with E-state index in [1.54, 1.807) is 13.2 Å². The Balaban J connectivity index is 1.56. The lowest BCUT2D eigenvalue weighted by atomic mass is 9.84. The van der Waals surface area contributed by atoms with E-state index in [1.807, 2.05) is 18.2 Å². The maximum Gasteiger partial charge on any atom is 0.199 e. The Morgan fingerprint density at radius 1 is 1.25 bits per heavy atom. The third kappa shape index (κ3) is 1.70. The highest BCUT2D eigenvalue weighted by atomic mass is 19.1. The lowest BCUT2D eigenvalue weighted by molar-refractivity contribution is -0.136. The van der Waals surface area contributed by atoms with Crippen molar-refractivity contribution in [2.24, 2.45) is 0 Å². The molecule has 4 nitrogen and oxygen atoms in total. The molecule has 0 N–H and O–H groups in total. The summed E-state index contributed by atoms with van der Waals surface area (Å²) >= 11 is 0. The van der Waals surface area contributed by atoms with Crippen molar-refractivity contribution < 1.29 is 23.3 Å². The van der Waals surface area contributed by atoms with Crippen molar-refractivity contribution in [1.29, 1.82) is 0 Å². The van der Waals surface area contributed by atoms with Gasteiger partial charge in [0.25, 0.3) is 0 Å². The number of rotatable bonds is 3. The predicted molar refractivity (Wildman–Crippen MR) is 84.2 cm³/mol. The van der Waals surface area contributed by atoms with Gasteiger partial charge >= 0.3 is 0 Å². The molecule has 1 saturated heterocycles. The van der Waals surface area contributed by atoms with Crippen LogP contribution in [0.3, 0.4) is 0 Å². The number of hydrogen-bond donors (Lipinski definition) is 0. The molecule has 2 aliphatic carbocycles. The second-order valence-electron chi connectivity index (χ2n) is 6.39. The van der Waals surface area contributed by atoms with Crippen LogP contribution in [0.2, 0.25) is 0 Å². The molecule has 1 aromatic carbocycles. The van der Waals surface area contributed by atoms with Crippen LogP contribution in [0.4, 0.5) is 4.39 Å². The molecule has 5 aliphatic rings. The second-order valence-corrected chi connectivity index (χ2v) is 6.39. The lowest BCUT2D eigenvalue weighted by Gasteiger charge is -2.37. The number of ether oxygens (including phenoxy) is 4. The first kappa shape index (κ1) is 14.1. The summed E-state index contributed by atoms with van der Waals surface area (Å²) in [5.41, 5.74) is 1.24. The topological polar surface area (TPSA) is 36.9 Å². The van der Waals surface area contributed by atoms with Crippen molar-refractivity contribution in [3.8, 4) is 11.5 Å². The number of benzene rings is 1. The Morgan fingerprint density at radius 2 is 2.17 bits per heavy atom. The van der Waals surface area contributed by atoms with Crippen molar-refractivity contribution in [2.75, 3.05) is 13.7 Å². The monoisotopic (exact) mass is 328 g/mol. The zero-order valence-electron chi connectivity index (χ0n) is 13.3. The number of hydrogen-bond acceptors (Lipinski definition) is 4. The molecule has 0 radical (unpaired) electrons. The number of methoxy groups -OCH3 is 1. The maximum absolute atomic E-state index is 14.5. The molecule has 24 heavy (non-hydrogen) atoms. The Labute approximate surface area is 139 Å². The van der Waals surface area contributed by atoms with Crippen LogP contribution < -0.4 is 9.47 Å². The van der Waals surface area contributed by atoms with Crippen molar-refractivity contribution in [3.63, 3.8) is 0 Å². The van der Waals surface area contributed by atoms with Crippen LogP contribution in [0.15, 0.2) is 47.3 Å². The summed E-state index contributed by atoms with van der Waals surface area (Å²) in [6.45, 7) is 0.716. The highest BCUT2D eigenvalue weighted by molar-refractivity contribution is 5.70. The summed E-state index contributed by atoms with van der Waals surface area (Å²) in [4.78, 5) is 0. The van der Waals surface area contributed by atoms with Gasteiger partial charge in [-0.1, -0.05) is 12.2 Å². The largest absolute Gasteiger partial charge is 0.493 e. The van der Waals surface area contributed by atoms with Crippen LogP contribution in [-0.2, 0) is 15.1 Å². The fourth-order valence-electron chi connectivity index (χ4n) is 3.91. The van der Waals surface area contributed by atoms with Gasteiger partial charge in [0.15, 0.2) is 23.4 Å². The van der Waals surface area contributed by atoms with Gasteiger partial charge in [-0.25, -0.2) is 4.39 Å². The second kappa shape index (κ2) is 4.86. The van der Waals surface area contributed by atoms with Gasteiger partial charge in [0.1, 0.15) is 11.6 Å². The summed E-state index contributed by atoms with van der Waals surface area (Å²) in [7, 11) is 1.55. The molecule has 3 aliphatic heterocycles. The van der Waals surface area contributed by atoms with Gasteiger partial charge in [-0.15, -0.1) is 0 Å². The molecule has 1 fully saturated rings. The SMILES string of the molecule is COc1cc2c(F)cc1OC21C2=CC(OC3CCCCO3)=C1C=C2. The lowest BCUT2D eigenvalue weighted by Crippen LogP contribution is -2.37. The molecule has 0 aromatic heterocycles. The van der Waals surface area contributed by atoms with Crippen molar-refractivity contribution in [2.45, 2.75) is 31.2 Å². The fourth-order valence-corrected chi connectivity index (χ4v) is 3.91. The van der Waals surface area contributed by atoms with Gasteiger partial charge in [-0.05, 0) is 25.0 Å². The number of allylic oxidation sites excluding steroid dienone is 1. The molecule has 5 heteroatoms. The number of fused-ring (bicyclic) bond motifs is 2. The molecule has 2 unspecified atom stereocenters. The van der Waals surface area contributed by atoms with E-state index in [0.29, 0.717) is 29.4 Å². The number of halogens is 1. The van der Waals surface area contributed by atoms with Crippen LogP contribution in [-0.4, -0.2) is 20.0 Å². The van der Waals surface area contributed by atoms with E-state index in [-0.39, 0.29) is 12.1 Å². The van der Waals surface area contributed by atoms with Gasteiger partial charge in [0.2, 0.25) is 0 Å². The summed E-state index contributed by atoms with van der Waals surface area (Å²) in [6, 6.07) is 3.10. The van der Waals surface area contributed by atoms with E-state index in [4.69, 9.17) is 18.9 Å². The summed E-state index contributed by atoms with van der Waals surface area (Å²) in [5, 5.41) is 0. The van der Waals surface area contributed by atoms with Crippen molar-refractivity contribution >= 4 is 0 Å². The fraction of sp³-hybridized carbons (Fsp3) is 0.368. The summed E-state index contributed by atoms with van der Waals surface area (Å²) in [6.07, 6.45) is 8.60. The van der Waals surface area contributed by atoms with Crippen LogP contribution >= 0.6 is 0 Å². The van der Waals surface area contributed by atoms with Crippen LogP contribution in [0.25, 0.3) is 0 Å². The predicted octanol–water partition coefficient (Wildman–Crippen LogP) is 3.73. The molecule has 6 rings (SSSR count). The smallest absolute Gasteiger partial charge is 0.199 e. The maximum atomic E-state index is 14.5. The minimum absolute atomic E-state index is 0.244. The molecule has 0 amide bonds. The van der Waals surface area contributed by atoms with Gasteiger partial charge in [0, 0.05) is 29.2 Å². The Morgan fingerprint density at radius 3 is 2.92 bits per heavy atom. The van der Waals surface area contributed by atoms with Gasteiger partial charge in [-0.2, -0.15) is 0 Å². The van der Waals surface area contributed by atoms with Gasteiger partial charge in [0.05, 0.1) is 13.7 Å². The zero-order valence-corrected chi connectivity index (χ0v) is 13.3. The molecule has 124 valence electrons. The van der Waals surface area contributed by atoms with Crippen molar-refractivity contribution in [1.82, 2.24) is 0 Å².